The molecule has 0 amide bonds. The lowest BCUT2D eigenvalue weighted by Gasteiger charge is -2.07. The van der Waals surface area contributed by atoms with Gasteiger partial charge in [-0.2, -0.15) is 0 Å². The zero-order valence-electron chi connectivity index (χ0n) is 12.1. The first-order valence-electron chi connectivity index (χ1n) is 7.29. The largest absolute Gasteiger partial charge is 0.456 e. The van der Waals surface area contributed by atoms with Gasteiger partial charge in [-0.05, 0) is 54.1 Å². The first-order valence-corrected chi connectivity index (χ1v) is 7.67. The number of rotatable bonds is 3. The van der Waals surface area contributed by atoms with Gasteiger partial charge in [-0.15, -0.1) is 0 Å². The number of hydrogen-bond donors (Lipinski definition) is 1. The van der Waals surface area contributed by atoms with E-state index in [0.29, 0.717) is 12.1 Å². The molecule has 1 heterocycles. The van der Waals surface area contributed by atoms with Crippen LogP contribution in [-0.2, 0) is 6.54 Å². The zero-order chi connectivity index (χ0) is 15.8. The molecule has 4 heteroatoms. The van der Waals surface area contributed by atoms with Gasteiger partial charge < -0.3 is 9.73 Å². The van der Waals surface area contributed by atoms with E-state index >= 15 is 0 Å². The van der Waals surface area contributed by atoms with Gasteiger partial charge in [0.25, 0.3) is 0 Å². The highest BCUT2D eigenvalue weighted by Crippen LogP contribution is 2.31. The first kappa shape index (κ1) is 14.1. The lowest BCUT2D eigenvalue weighted by molar-refractivity contribution is 0.626. The van der Waals surface area contributed by atoms with Crippen LogP contribution < -0.4 is 5.32 Å². The van der Waals surface area contributed by atoms with Gasteiger partial charge in [-0.1, -0.05) is 23.7 Å². The molecule has 0 bridgehead atoms. The summed E-state index contributed by atoms with van der Waals surface area (Å²) in [6, 6.07) is 18.1. The Morgan fingerprint density at radius 3 is 2.52 bits per heavy atom. The van der Waals surface area contributed by atoms with Crippen molar-refractivity contribution in [3.63, 3.8) is 0 Å². The lowest BCUT2D eigenvalue weighted by Crippen LogP contribution is -1.98. The van der Waals surface area contributed by atoms with Gasteiger partial charge in [0.1, 0.15) is 17.0 Å². The minimum Gasteiger partial charge on any atom is -0.456 e. The van der Waals surface area contributed by atoms with E-state index in [4.69, 9.17) is 16.0 Å². The van der Waals surface area contributed by atoms with E-state index in [1.54, 1.807) is 6.07 Å². The summed E-state index contributed by atoms with van der Waals surface area (Å²) < 4.78 is 19.2. The van der Waals surface area contributed by atoms with Gasteiger partial charge in [-0.3, -0.25) is 0 Å². The Bertz CT molecular complexity index is 1010. The Labute approximate surface area is 137 Å². The fraction of sp³-hybridized carbons (Fsp3) is 0.0526. The molecule has 0 saturated heterocycles. The van der Waals surface area contributed by atoms with Crippen molar-refractivity contribution in [1.82, 2.24) is 0 Å². The molecule has 2 nitrogen and oxygen atoms in total. The summed E-state index contributed by atoms with van der Waals surface area (Å²) in [5, 5.41) is 5.76. The summed E-state index contributed by atoms with van der Waals surface area (Å²) in [4.78, 5) is 0. The highest BCUT2D eigenvalue weighted by atomic mass is 35.5. The van der Waals surface area contributed by atoms with Crippen molar-refractivity contribution in [3.05, 3.63) is 77.1 Å². The van der Waals surface area contributed by atoms with Crippen LogP contribution in [-0.4, -0.2) is 0 Å². The van der Waals surface area contributed by atoms with E-state index in [2.05, 4.69) is 5.32 Å². The number of nitrogens with one attached hydrogen (secondary N) is 1. The number of hydrogen-bond acceptors (Lipinski definition) is 2. The van der Waals surface area contributed by atoms with E-state index in [-0.39, 0.29) is 5.82 Å². The number of benzene rings is 3. The smallest absolute Gasteiger partial charge is 0.135 e. The van der Waals surface area contributed by atoms with Crippen molar-refractivity contribution in [2.75, 3.05) is 5.32 Å². The maximum absolute atomic E-state index is 13.5. The number of halogens is 2. The monoisotopic (exact) mass is 325 g/mol. The molecule has 23 heavy (non-hydrogen) atoms. The summed E-state index contributed by atoms with van der Waals surface area (Å²) in [5.41, 5.74) is 3.48. The average Bonchev–Trinajstić information content (AvgIpc) is 2.90. The van der Waals surface area contributed by atoms with E-state index in [0.717, 1.165) is 32.6 Å². The maximum Gasteiger partial charge on any atom is 0.135 e. The predicted molar refractivity (Wildman–Crippen MR) is 92.5 cm³/mol. The lowest BCUT2D eigenvalue weighted by atomic mass is 10.1. The minimum absolute atomic E-state index is 0.266. The summed E-state index contributed by atoms with van der Waals surface area (Å²) >= 11 is 5.99. The summed E-state index contributed by atoms with van der Waals surface area (Å²) in [6.07, 6.45) is 0. The van der Waals surface area contributed by atoms with Gasteiger partial charge in [-0.25, -0.2) is 4.39 Å². The highest BCUT2D eigenvalue weighted by Gasteiger charge is 2.08. The summed E-state index contributed by atoms with van der Waals surface area (Å²) in [6.45, 7) is 0.663. The standard InChI is InChI=1S/C19H13ClFNO/c20-13-3-1-2-12(8-13)11-22-15-5-7-19-17(10-15)16-9-14(21)4-6-18(16)23-19/h1-10,22H,11H2. The molecule has 0 aliphatic rings. The van der Waals surface area contributed by atoms with Crippen molar-refractivity contribution in [3.8, 4) is 0 Å². The van der Waals surface area contributed by atoms with Gasteiger partial charge in [0, 0.05) is 28.0 Å². The topological polar surface area (TPSA) is 25.2 Å². The quantitative estimate of drug-likeness (QED) is 0.500. The fourth-order valence-electron chi connectivity index (χ4n) is 2.71. The SMILES string of the molecule is Fc1ccc2oc3ccc(NCc4cccc(Cl)c4)cc3c2c1. The fourth-order valence-corrected chi connectivity index (χ4v) is 2.92. The molecule has 0 unspecified atom stereocenters. The molecule has 0 aliphatic heterocycles. The highest BCUT2D eigenvalue weighted by molar-refractivity contribution is 6.30. The molecule has 0 fully saturated rings. The molecule has 1 N–H and O–H groups in total. The molecule has 1 aromatic heterocycles. The van der Waals surface area contributed by atoms with Crippen LogP contribution in [0.25, 0.3) is 21.9 Å². The van der Waals surface area contributed by atoms with Crippen LogP contribution >= 0.6 is 11.6 Å². The van der Waals surface area contributed by atoms with Crippen molar-refractivity contribution in [2.24, 2.45) is 0 Å². The Morgan fingerprint density at radius 2 is 1.70 bits per heavy atom. The van der Waals surface area contributed by atoms with E-state index in [1.807, 2.05) is 42.5 Å². The second kappa shape index (κ2) is 5.60. The van der Waals surface area contributed by atoms with Crippen LogP contribution in [0, 0.1) is 5.82 Å². The van der Waals surface area contributed by atoms with Crippen molar-refractivity contribution >= 4 is 39.2 Å². The van der Waals surface area contributed by atoms with Crippen LogP contribution in [0.4, 0.5) is 10.1 Å². The molecule has 4 aromatic rings. The molecule has 0 aliphatic carbocycles. The second-order valence-electron chi connectivity index (χ2n) is 5.44. The van der Waals surface area contributed by atoms with Gasteiger partial charge in [0.05, 0.1) is 0 Å². The Morgan fingerprint density at radius 1 is 0.913 bits per heavy atom. The number of fused-ring (bicyclic) bond motifs is 3. The zero-order valence-corrected chi connectivity index (χ0v) is 12.9. The van der Waals surface area contributed by atoms with Crippen molar-refractivity contribution in [1.29, 1.82) is 0 Å². The summed E-state index contributed by atoms with van der Waals surface area (Å²) in [5.74, 6) is -0.266. The van der Waals surface area contributed by atoms with Gasteiger partial charge >= 0.3 is 0 Å². The number of furan rings is 1. The third-order valence-corrected chi connectivity index (χ3v) is 4.05. The summed E-state index contributed by atoms with van der Waals surface area (Å²) in [7, 11) is 0. The van der Waals surface area contributed by atoms with Crippen molar-refractivity contribution < 1.29 is 8.81 Å². The Kier molecular flexibility index (Phi) is 3.43. The second-order valence-corrected chi connectivity index (χ2v) is 5.87. The molecule has 0 saturated carbocycles. The third kappa shape index (κ3) is 2.76. The van der Waals surface area contributed by atoms with Crippen LogP contribution in [0.1, 0.15) is 5.56 Å². The van der Waals surface area contributed by atoms with E-state index < -0.39 is 0 Å². The predicted octanol–water partition coefficient (Wildman–Crippen LogP) is 5.99. The maximum atomic E-state index is 13.5. The number of anilines is 1. The molecule has 114 valence electrons. The normalized spacial score (nSPS) is 11.2. The Balaban J connectivity index is 1.68. The van der Waals surface area contributed by atoms with Gasteiger partial charge in [0.2, 0.25) is 0 Å². The molecule has 0 radical (unpaired) electrons. The Hall–Kier alpha value is -2.52. The third-order valence-electron chi connectivity index (χ3n) is 3.82. The van der Waals surface area contributed by atoms with Gasteiger partial charge in [0.15, 0.2) is 0 Å². The van der Waals surface area contributed by atoms with Crippen LogP contribution in [0.2, 0.25) is 5.02 Å². The van der Waals surface area contributed by atoms with Crippen molar-refractivity contribution in [2.45, 2.75) is 6.54 Å². The molecule has 0 spiro atoms. The van der Waals surface area contributed by atoms with Crippen LogP contribution in [0.5, 0.6) is 0 Å². The van der Waals surface area contributed by atoms with E-state index in [1.165, 1.54) is 12.1 Å². The molecule has 4 rings (SSSR count). The molecular formula is C19H13ClFNO. The van der Waals surface area contributed by atoms with Crippen LogP contribution in [0.3, 0.4) is 0 Å². The minimum atomic E-state index is -0.266. The average molecular weight is 326 g/mol. The van der Waals surface area contributed by atoms with E-state index in [9.17, 15) is 4.39 Å². The molecule has 3 aromatic carbocycles. The van der Waals surface area contributed by atoms with Crippen LogP contribution in [0.15, 0.2) is 65.1 Å². The first-order chi connectivity index (χ1) is 11.2. The molecule has 0 atom stereocenters. The molecular weight excluding hydrogens is 313 g/mol.